The maximum Gasteiger partial charge on any atom is 0.405 e. The van der Waals surface area contributed by atoms with Gasteiger partial charge < -0.3 is 4.90 Å². The third kappa shape index (κ3) is 3.83. The van der Waals surface area contributed by atoms with Crippen molar-refractivity contribution in [2.24, 2.45) is 0 Å². The zero-order chi connectivity index (χ0) is 13.9. The monoisotopic (exact) mass is 331 g/mol. The summed E-state index contributed by atoms with van der Waals surface area (Å²) in [6.45, 7) is -0.116. The van der Waals surface area contributed by atoms with Crippen LogP contribution in [0, 0.1) is 11.6 Å². The second-order valence-electron chi connectivity index (χ2n) is 3.67. The van der Waals surface area contributed by atoms with Crippen molar-refractivity contribution in [1.82, 2.24) is 0 Å². The van der Waals surface area contributed by atoms with Gasteiger partial charge in [0.25, 0.3) is 0 Å². The van der Waals surface area contributed by atoms with Crippen LogP contribution in [0.25, 0.3) is 0 Å². The number of alkyl halides is 4. The first-order valence-electron chi connectivity index (χ1n) is 5.14. The number of anilines is 1. The van der Waals surface area contributed by atoms with Crippen molar-refractivity contribution >= 4 is 21.6 Å². The van der Waals surface area contributed by atoms with Gasteiger partial charge in [0.1, 0.15) is 23.9 Å². The predicted molar refractivity (Wildman–Crippen MR) is 62.9 cm³/mol. The molecule has 0 aromatic heterocycles. The van der Waals surface area contributed by atoms with E-state index < -0.39 is 30.0 Å². The molecule has 18 heavy (non-hydrogen) atoms. The van der Waals surface area contributed by atoms with Crippen molar-refractivity contribution in [3.05, 3.63) is 29.3 Å². The van der Waals surface area contributed by atoms with Gasteiger partial charge in [-0.2, -0.15) is 13.2 Å². The van der Waals surface area contributed by atoms with Crippen molar-refractivity contribution in [1.29, 1.82) is 0 Å². The van der Waals surface area contributed by atoms with Gasteiger partial charge in [0.15, 0.2) is 0 Å². The first kappa shape index (κ1) is 15.2. The molecule has 0 radical (unpaired) electrons. The molecule has 1 rings (SSSR count). The summed E-state index contributed by atoms with van der Waals surface area (Å²) in [5, 5.41) is 0.229. The Morgan fingerprint density at radius 3 is 2.00 bits per heavy atom. The van der Waals surface area contributed by atoms with Crippen LogP contribution in [-0.4, -0.2) is 19.3 Å². The molecule has 1 nitrogen and oxygen atoms in total. The van der Waals surface area contributed by atoms with E-state index in [9.17, 15) is 22.0 Å². The van der Waals surface area contributed by atoms with Crippen LogP contribution in [0.3, 0.4) is 0 Å². The van der Waals surface area contributed by atoms with Crippen molar-refractivity contribution in [3.8, 4) is 0 Å². The van der Waals surface area contributed by atoms with Gasteiger partial charge in [-0.25, -0.2) is 8.78 Å². The third-order valence-corrected chi connectivity index (χ3v) is 2.95. The van der Waals surface area contributed by atoms with Gasteiger partial charge in [-0.1, -0.05) is 15.9 Å². The third-order valence-electron chi connectivity index (χ3n) is 2.30. The van der Waals surface area contributed by atoms with E-state index in [1.807, 2.05) is 0 Å². The van der Waals surface area contributed by atoms with E-state index in [1.54, 1.807) is 0 Å². The Labute approximate surface area is 110 Å². The average Bonchev–Trinajstić information content (AvgIpc) is 2.24. The number of benzene rings is 1. The standard InChI is InChI=1S/C11H11BrF5N/c1-2-18(6-11(15,16)17)10-8(13)3-7(5-12)4-9(10)14/h3-4H,2,5-6H2,1H3. The van der Waals surface area contributed by atoms with E-state index in [1.165, 1.54) is 6.92 Å². The normalized spacial score (nSPS) is 11.7. The molecule has 0 unspecified atom stereocenters. The predicted octanol–water partition coefficient (Wildman–Crippen LogP) is 4.25. The molecule has 0 saturated carbocycles. The Hall–Kier alpha value is -0.850. The molecule has 0 heterocycles. The molecule has 0 atom stereocenters. The fraction of sp³-hybridized carbons (Fsp3) is 0.455. The first-order chi connectivity index (χ1) is 8.28. The Bertz CT molecular complexity index is 395. The van der Waals surface area contributed by atoms with E-state index in [0.29, 0.717) is 10.5 Å². The van der Waals surface area contributed by atoms with E-state index >= 15 is 0 Å². The summed E-state index contributed by atoms with van der Waals surface area (Å²) in [6, 6.07) is 2.04. The molecular formula is C11H11BrF5N. The lowest BCUT2D eigenvalue weighted by molar-refractivity contribution is -0.119. The molecule has 7 heteroatoms. The Morgan fingerprint density at radius 2 is 1.67 bits per heavy atom. The van der Waals surface area contributed by atoms with Gasteiger partial charge in [-0.3, -0.25) is 0 Å². The van der Waals surface area contributed by atoms with Crippen LogP contribution < -0.4 is 4.90 Å². The number of rotatable bonds is 4. The van der Waals surface area contributed by atoms with E-state index in [4.69, 9.17) is 0 Å². The summed E-state index contributed by atoms with van der Waals surface area (Å²) >= 11 is 3.03. The van der Waals surface area contributed by atoms with Crippen molar-refractivity contribution < 1.29 is 22.0 Å². The van der Waals surface area contributed by atoms with Crippen molar-refractivity contribution in [2.45, 2.75) is 18.4 Å². The van der Waals surface area contributed by atoms with Gasteiger partial charge in [-0.15, -0.1) is 0 Å². The SMILES string of the molecule is CCN(CC(F)(F)F)c1c(F)cc(CBr)cc1F. The van der Waals surface area contributed by atoms with Crippen LogP contribution >= 0.6 is 15.9 Å². The molecule has 0 aliphatic carbocycles. The highest BCUT2D eigenvalue weighted by Crippen LogP contribution is 2.28. The second-order valence-corrected chi connectivity index (χ2v) is 4.23. The summed E-state index contributed by atoms with van der Waals surface area (Å²) < 4.78 is 64.2. The Kier molecular flexibility index (Phi) is 4.95. The zero-order valence-corrected chi connectivity index (χ0v) is 11.1. The summed E-state index contributed by atoms with van der Waals surface area (Å²) in [5.74, 6) is -1.98. The van der Waals surface area contributed by atoms with Gasteiger partial charge in [0.2, 0.25) is 0 Å². The lowest BCUT2D eigenvalue weighted by Crippen LogP contribution is -2.35. The molecule has 0 saturated heterocycles. The highest BCUT2D eigenvalue weighted by molar-refractivity contribution is 9.08. The van der Waals surface area contributed by atoms with Gasteiger partial charge in [-0.05, 0) is 24.6 Å². The quantitative estimate of drug-likeness (QED) is 0.589. The molecule has 0 spiro atoms. The minimum atomic E-state index is -4.51. The number of nitrogens with zero attached hydrogens (tertiary/aromatic N) is 1. The van der Waals surface area contributed by atoms with Crippen LogP contribution in [0.1, 0.15) is 12.5 Å². The molecule has 0 aliphatic heterocycles. The highest BCUT2D eigenvalue weighted by Gasteiger charge is 2.32. The minimum Gasteiger partial charge on any atom is -0.358 e. The molecule has 1 aromatic carbocycles. The Morgan fingerprint density at radius 1 is 1.17 bits per heavy atom. The molecule has 0 bridgehead atoms. The Balaban J connectivity index is 3.14. The molecular weight excluding hydrogens is 321 g/mol. The number of halogens is 6. The summed E-state index contributed by atoms with van der Waals surface area (Å²) in [6.07, 6.45) is -4.51. The van der Waals surface area contributed by atoms with Crippen LogP contribution in [-0.2, 0) is 5.33 Å². The lowest BCUT2D eigenvalue weighted by Gasteiger charge is -2.25. The average molecular weight is 332 g/mol. The molecule has 0 N–H and O–H groups in total. The first-order valence-corrected chi connectivity index (χ1v) is 6.26. The summed E-state index contributed by atoms with van der Waals surface area (Å²) in [5.41, 5.74) is -0.309. The lowest BCUT2D eigenvalue weighted by atomic mass is 10.2. The van der Waals surface area contributed by atoms with Gasteiger partial charge >= 0.3 is 6.18 Å². The summed E-state index contributed by atoms with van der Waals surface area (Å²) in [4.78, 5) is 0.628. The smallest absolute Gasteiger partial charge is 0.358 e. The molecule has 102 valence electrons. The minimum absolute atomic E-state index is 0.138. The van der Waals surface area contributed by atoms with Crippen LogP contribution in [0.4, 0.5) is 27.6 Å². The van der Waals surface area contributed by atoms with Crippen LogP contribution in [0.2, 0.25) is 0 Å². The number of hydrogen-bond donors (Lipinski definition) is 0. The molecule has 1 aromatic rings. The fourth-order valence-corrected chi connectivity index (χ4v) is 1.89. The summed E-state index contributed by atoms with van der Waals surface area (Å²) in [7, 11) is 0. The van der Waals surface area contributed by atoms with E-state index in [2.05, 4.69) is 15.9 Å². The zero-order valence-electron chi connectivity index (χ0n) is 9.49. The van der Waals surface area contributed by atoms with Crippen LogP contribution in [0.15, 0.2) is 12.1 Å². The largest absolute Gasteiger partial charge is 0.405 e. The van der Waals surface area contributed by atoms with Crippen molar-refractivity contribution in [2.75, 3.05) is 18.0 Å². The van der Waals surface area contributed by atoms with Crippen LogP contribution in [0.5, 0.6) is 0 Å². The van der Waals surface area contributed by atoms with Crippen molar-refractivity contribution in [3.63, 3.8) is 0 Å². The van der Waals surface area contributed by atoms with Gasteiger partial charge in [0, 0.05) is 11.9 Å². The van der Waals surface area contributed by atoms with E-state index in [-0.39, 0.29) is 11.9 Å². The second kappa shape index (κ2) is 5.86. The maximum absolute atomic E-state index is 13.6. The van der Waals surface area contributed by atoms with Gasteiger partial charge in [0.05, 0.1) is 0 Å². The maximum atomic E-state index is 13.6. The fourth-order valence-electron chi connectivity index (χ4n) is 1.56. The molecule has 0 amide bonds. The number of hydrogen-bond acceptors (Lipinski definition) is 1. The van der Waals surface area contributed by atoms with E-state index in [0.717, 1.165) is 12.1 Å². The highest BCUT2D eigenvalue weighted by atomic mass is 79.9. The molecule has 0 aliphatic rings. The topological polar surface area (TPSA) is 3.24 Å². The molecule has 0 fully saturated rings.